The van der Waals surface area contributed by atoms with E-state index in [1.54, 1.807) is 29.3 Å². The third-order valence-corrected chi connectivity index (χ3v) is 4.22. The third kappa shape index (κ3) is 5.39. The van der Waals surface area contributed by atoms with Gasteiger partial charge in [0.25, 0.3) is 0 Å². The highest BCUT2D eigenvalue weighted by Gasteiger charge is 2.13. The zero-order chi connectivity index (χ0) is 20.0. The summed E-state index contributed by atoms with van der Waals surface area (Å²) in [6, 6.07) is 11.7. The lowest BCUT2D eigenvalue weighted by Gasteiger charge is -2.19. The number of nitrogens with zero attached hydrogens (tertiary/aromatic N) is 4. The van der Waals surface area contributed by atoms with Crippen LogP contribution in [0, 0.1) is 0 Å². The fraction of sp³-hybridized carbons (Fsp3) is 0.333. The maximum absolute atomic E-state index is 12.1. The highest BCUT2D eigenvalue weighted by molar-refractivity contribution is 5.90. The topological polar surface area (TPSA) is 81.9 Å². The van der Waals surface area contributed by atoms with Crippen molar-refractivity contribution in [1.29, 1.82) is 0 Å². The average molecular weight is 379 g/mol. The standard InChI is InChI=1S/C21H25N5O2/c1-21(2,3)16-6-9-18(10-7-16)28-12-4-5-20(27)25-17-8-11-19(23-13-17)26-15-22-14-24-26/h6-11,13-15H,4-5,12H2,1-3H3,(H,25,27). The van der Waals surface area contributed by atoms with Crippen molar-refractivity contribution in [2.45, 2.75) is 39.0 Å². The summed E-state index contributed by atoms with van der Waals surface area (Å²) in [6.07, 6.45) is 5.63. The second kappa shape index (κ2) is 8.65. The Morgan fingerprint density at radius 1 is 1.14 bits per heavy atom. The molecule has 0 radical (unpaired) electrons. The van der Waals surface area contributed by atoms with Crippen molar-refractivity contribution in [1.82, 2.24) is 19.7 Å². The molecule has 2 heterocycles. The van der Waals surface area contributed by atoms with E-state index in [-0.39, 0.29) is 11.3 Å². The van der Waals surface area contributed by atoms with Gasteiger partial charge < -0.3 is 10.1 Å². The fourth-order valence-corrected chi connectivity index (χ4v) is 2.62. The van der Waals surface area contributed by atoms with Gasteiger partial charge in [-0.2, -0.15) is 5.10 Å². The number of carbonyl (C=O) groups excluding carboxylic acids is 1. The number of amides is 1. The first-order valence-electron chi connectivity index (χ1n) is 9.26. The molecule has 0 aliphatic rings. The molecule has 7 heteroatoms. The largest absolute Gasteiger partial charge is 0.494 e. The van der Waals surface area contributed by atoms with Gasteiger partial charge in [-0.15, -0.1) is 0 Å². The van der Waals surface area contributed by atoms with Crippen molar-refractivity contribution in [3.63, 3.8) is 0 Å². The Labute approximate surface area is 164 Å². The lowest BCUT2D eigenvalue weighted by Crippen LogP contribution is -2.13. The molecule has 0 aliphatic heterocycles. The minimum absolute atomic E-state index is 0.0676. The van der Waals surface area contributed by atoms with Crippen molar-refractivity contribution in [2.24, 2.45) is 0 Å². The fourth-order valence-electron chi connectivity index (χ4n) is 2.62. The van der Waals surface area contributed by atoms with Gasteiger partial charge >= 0.3 is 0 Å². The smallest absolute Gasteiger partial charge is 0.224 e. The van der Waals surface area contributed by atoms with Crippen LogP contribution >= 0.6 is 0 Å². The van der Waals surface area contributed by atoms with E-state index < -0.39 is 0 Å². The molecule has 0 saturated carbocycles. The van der Waals surface area contributed by atoms with Crippen LogP contribution in [0.3, 0.4) is 0 Å². The molecule has 0 atom stereocenters. The predicted octanol–water partition coefficient (Wildman–Crippen LogP) is 3.76. The number of pyridine rings is 1. The molecule has 3 aromatic rings. The van der Waals surface area contributed by atoms with E-state index >= 15 is 0 Å². The van der Waals surface area contributed by atoms with Crippen LogP contribution in [0.1, 0.15) is 39.2 Å². The third-order valence-electron chi connectivity index (χ3n) is 4.22. The van der Waals surface area contributed by atoms with E-state index in [0.717, 1.165) is 5.75 Å². The molecule has 7 nitrogen and oxygen atoms in total. The van der Waals surface area contributed by atoms with Crippen molar-refractivity contribution in [3.05, 3.63) is 60.8 Å². The Hall–Kier alpha value is -3.22. The summed E-state index contributed by atoms with van der Waals surface area (Å²) in [5, 5.41) is 6.85. The molecular weight excluding hydrogens is 354 g/mol. The Bertz CT molecular complexity index is 882. The molecule has 28 heavy (non-hydrogen) atoms. The Morgan fingerprint density at radius 3 is 2.54 bits per heavy atom. The van der Waals surface area contributed by atoms with E-state index in [9.17, 15) is 4.79 Å². The van der Waals surface area contributed by atoms with Gasteiger partial charge in [0.1, 0.15) is 18.4 Å². The molecule has 0 unspecified atom stereocenters. The first kappa shape index (κ1) is 19.5. The molecule has 0 bridgehead atoms. The van der Waals surface area contributed by atoms with Crippen LogP contribution in [0.2, 0.25) is 0 Å². The number of benzene rings is 1. The number of carbonyl (C=O) groups is 1. The SMILES string of the molecule is CC(C)(C)c1ccc(OCCCC(=O)Nc2ccc(-n3cncn3)nc2)cc1. The molecule has 0 spiro atoms. The lowest BCUT2D eigenvalue weighted by molar-refractivity contribution is -0.116. The van der Waals surface area contributed by atoms with Crippen LogP contribution < -0.4 is 10.1 Å². The van der Waals surface area contributed by atoms with Crippen molar-refractivity contribution >= 4 is 11.6 Å². The Morgan fingerprint density at radius 2 is 1.93 bits per heavy atom. The monoisotopic (exact) mass is 379 g/mol. The number of hydrogen-bond acceptors (Lipinski definition) is 5. The molecule has 1 amide bonds. The van der Waals surface area contributed by atoms with Crippen LogP contribution in [-0.4, -0.2) is 32.3 Å². The quantitative estimate of drug-likeness (QED) is 0.632. The van der Waals surface area contributed by atoms with Crippen molar-refractivity contribution in [2.75, 3.05) is 11.9 Å². The van der Waals surface area contributed by atoms with Crippen molar-refractivity contribution in [3.8, 4) is 11.6 Å². The van der Waals surface area contributed by atoms with Gasteiger partial charge in [0.05, 0.1) is 18.5 Å². The normalized spacial score (nSPS) is 11.2. The number of hydrogen-bond donors (Lipinski definition) is 1. The van der Waals surface area contributed by atoms with Crippen LogP contribution in [0.4, 0.5) is 5.69 Å². The summed E-state index contributed by atoms with van der Waals surface area (Å²) in [4.78, 5) is 20.2. The van der Waals surface area contributed by atoms with E-state index in [1.807, 2.05) is 12.1 Å². The Balaban J connectivity index is 1.40. The second-order valence-electron chi connectivity index (χ2n) is 7.52. The van der Waals surface area contributed by atoms with Gasteiger partial charge in [0.2, 0.25) is 5.91 Å². The number of anilines is 1. The zero-order valence-corrected chi connectivity index (χ0v) is 16.4. The number of rotatable bonds is 7. The van der Waals surface area contributed by atoms with Gasteiger partial charge in [-0.1, -0.05) is 32.9 Å². The summed E-state index contributed by atoms with van der Waals surface area (Å²) in [5.41, 5.74) is 2.04. The number of nitrogens with one attached hydrogen (secondary N) is 1. The van der Waals surface area contributed by atoms with E-state index in [4.69, 9.17) is 4.74 Å². The highest BCUT2D eigenvalue weighted by Crippen LogP contribution is 2.24. The molecule has 0 fully saturated rings. The molecule has 3 rings (SSSR count). The van der Waals surface area contributed by atoms with E-state index in [1.165, 1.54) is 11.9 Å². The molecule has 0 aliphatic carbocycles. The summed E-state index contributed by atoms with van der Waals surface area (Å²) in [6.45, 7) is 7.03. The maximum Gasteiger partial charge on any atom is 0.224 e. The highest BCUT2D eigenvalue weighted by atomic mass is 16.5. The van der Waals surface area contributed by atoms with E-state index in [2.05, 4.69) is 53.3 Å². The molecule has 1 N–H and O–H groups in total. The molecule has 146 valence electrons. The van der Waals surface area contributed by atoms with E-state index in [0.29, 0.717) is 31.0 Å². The minimum Gasteiger partial charge on any atom is -0.494 e. The second-order valence-corrected chi connectivity index (χ2v) is 7.52. The summed E-state index contributed by atoms with van der Waals surface area (Å²) in [5.74, 6) is 1.39. The molecule has 2 aromatic heterocycles. The van der Waals surface area contributed by atoms with Gasteiger partial charge in [0.15, 0.2) is 5.82 Å². The van der Waals surface area contributed by atoms with Crippen LogP contribution in [0.5, 0.6) is 5.75 Å². The molecular formula is C21H25N5O2. The van der Waals surface area contributed by atoms with Gasteiger partial charge in [0, 0.05) is 6.42 Å². The van der Waals surface area contributed by atoms with Crippen molar-refractivity contribution < 1.29 is 9.53 Å². The first-order valence-corrected chi connectivity index (χ1v) is 9.26. The van der Waals surface area contributed by atoms with Crippen LogP contribution in [0.25, 0.3) is 5.82 Å². The lowest BCUT2D eigenvalue weighted by atomic mass is 9.87. The van der Waals surface area contributed by atoms with Gasteiger partial charge in [-0.05, 0) is 41.7 Å². The number of ether oxygens (including phenoxy) is 1. The summed E-state index contributed by atoms with van der Waals surface area (Å²) >= 11 is 0. The minimum atomic E-state index is -0.0676. The predicted molar refractivity (Wildman–Crippen MR) is 108 cm³/mol. The Kier molecular flexibility index (Phi) is 6.03. The first-order chi connectivity index (χ1) is 13.4. The number of aromatic nitrogens is 4. The maximum atomic E-state index is 12.1. The zero-order valence-electron chi connectivity index (χ0n) is 16.4. The summed E-state index contributed by atoms with van der Waals surface area (Å²) < 4.78 is 7.28. The van der Waals surface area contributed by atoms with Gasteiger partial charge in [-0.25, -0.2) is 14.6 Å². The molecule has 0 saturated heterocycles. The molecule has 1 aromatic carbocycles. The van der Waals surface area contributed by atoms with Gasteiger partial charge in [-0.3, -0.25) is 4.79 Å². The van der Waals surface area contributed by atoms with Crippen LogP contribution in [-0.2, 0) is 10.2 Å². The summed E-state index contributed by atoms with van der Waals surface area (Å²) in [7, 11) is 0. The average Bonchev–Trinajstić information content (AvgIpc) is 3.20. The van der Waals surface area contributed by atoms with Crippen LogP contribution in [0.15, 0.2) is 55.2 Å².